The van der Waals surface area contributed by atoms with E-state index in [-0.39, 0.29) is 12.0 Å². The summed E-state index contributed by atoms with van der Waals surface area (Å²) in [5.74, 6) is -0.947. The molecule has 2 atom stereocenters. The van der Waals surface area contributed by atoms with Gasteiger partial charge in [0.05, 0.1) is 12.0 Å². The zero-order valence-corrected chi connectivity index (χ0v) is 14.3. The molecule has 0 bridgehead atoms. The van der Waals surface area contributed by atoms with Crippen molar-refractivity contribution in [1.82, 2.24) is 9.88 Å². The first-order chi connectivity index (χ1) is 11.1. The minimum atomic E-state index is -0.678. The molecule has 0 aliphatic carbocycles. The highest BCUT2D eigenvalue weighted by Crippen LogP contribution is 2.36. The van der Waals surface area contributed by atoms with Crippen molar-refractivity contribution in [3.8, 4) is 0 Å². The fourth-order valence-electron chi connectivity index (χ4n) is 3.36. The number of carbonyl (C=O) groups is 1. The number of pyridine rings is 1. The molecular formula is C18H22N2O2S. The van der Waals surface area contributed by atoms with Crippen LogP contribution < -0.4 is 0 Å². The van der Waals surface area contributed by atoms with E-state index in [9.17, 15) is 9.90 Å². The Kier molecular flexibility index (Phi) is 4.78. The first kappa shape index (κ1) is 16.1. The monoisotopic (exact) mass is 330 g/mol. The molecule has 1 N–H and O–H groups in total. The maximum Gasteiger partial charge on any atom is 0.307 e. The van der Waals surface area contributed by atoms with E-state index >= 15 is 0 Å². The SMILES string of the molecule is Cc1csc(C(c2ccncc2C)N2CCCC(C(=O)O)C2)c1. The number of nitrogens with zero attached hydrogens (tertiary/aromatic N) is 2. The second kappa shape index (κ2) is 6.81. The highest BCUT2D eigenvalue weighted by molar-refractivity contribution is 7.10. The van der Waals surface area contributed by atoms with Crippen LogP contribution in [0.15, 0.2) is 29.9 Å². The molecule has 2 unspecified atom stereocenters. The van der Waals surface area contributed by atoms with Gasteiger partial charge in [-0.2, -0.15) is 0 Å². The topological polar surface area (TPSA) is 53.4 Å². The molecule has 1 aliphatic rings. The number of hydrogen-bond donors (Lipinski definition) is 1. The molecule has 1 saturated heterocycles. The van der Waals surface area contributed by atoms with Crippen LogP contribution >= 0.6 is 11.3 Å². The van der Waals surface area contributed by atoms with Crippen LogP contribution in [0, 0.1) is 19.8 Å². The Labute approximate surface area is 140 Å². The molecule has 5 heteroatoms. The van der Waals surface area contributed by atoms with Gasteiger partial charge in [-0.25, -0.2) is 0 Å². The number of aliphatic carboxylic acids is 1. The summed E-state index contributed by atoms with van der Waals surface area (Å²) in [5, 5.41) is 11.6. The minimum Gasteiger partial charge on any atom is -0.481 e. The largest absolute Gasteiger partial charge is 0.481 e. The highest BCUT2D eigenvalue weighted by atomic mass is 32.1. The van der Waals surface area contributed by atoms with Gasteiger partial charge in [0.2, 0.25) is 0 Å². The van der Waals surface area contributed by atoms with Crippen LogP contribution in [0.2, 0.25) is 0 Å². The van der Waals surface area contributed by atoms with E-state index in [4.69, 9.17) is 0 Å². The third-order valence-electron chi connectivity index (χ3n) is 4.55. The molecule has 4 nitrogen and oxygen atoms in total. The summed E-state index contributed by atoms with van der Waals surface area (Å²) in [4.78, 5) is 19.2. The third kappa shape index (κ3) is 3.46. The lowest BCUT2D eigenvalue weighted by Crippen LogP contribution is -2.41. The van der Waals surface area contributed by atoms with Crippen molar-refractivity contribution >= 4 is 17.3 Å². The molecule has 122 valence electrons. The Bertz CT molecular complexity index is 698. The number of piperidine rings is 1. The van der Waals surface area contributed by atoms with Gasteiger partial charge in [0.15, 0.2) is 0 Å². The lowest BCUT2D eigenvalue weighted by Gasteiger charge is -2.37. The molecule has 2 aromatic heterocycles. The van der Waals surface area contributed by atoms with Gasteiger partial charge in [-0.05, 0) is 67.4 Å². The van der Waals surface area contributed by atoms with E-state index in [1.165, 1.54) is 16.0 Å². The van der Waals surface area contributed by atoms with Gasteiger partial charge in [0.25, 0.3) is 0 Å². The molecule has 0 saturated carbocycles. The zero-order valence-electron chi connectivity index (χ0n) is 13.5. The number of hydrogen-bond acceptors (Lipinski definition) is 4. The van der Waals surface area contributed by atoms with E-state index < -0.39 is 5.97 Å². The minimum absolute atomic E-state index is 0.124. The maximum atomic E-state index is 11.4. The Morgan fingerprint density at radius 3 is 2.96 bits per heavy atom. The smallest absolute Gasteiger partial charge is 0.307 e. The van der Waals surface area contributed by atoms with Crippen LogP contribution in [-0.4, -0.2) is 34.0 Å². The summed E-state index contributed by atoms with van der Waals surface area (Å²) in [6, 6.07) is 4.41. The highest BCUT2D eigenvalue weighted by Gasteiger charge is 2.32. The average Bonchev–Trinajstić information content (AvgIpc) is 2.96. The fourth-order valence-corrected chi connectivity index (χ4v) is 4.41. The van der Waals surface area contributed by atoms with Crippen LogP contribution in [0.4, 0.5) is 0 Å². The molecule has 2 aromatic rings. The number of thiophene rings is 1. The van der Waals surface area contributed by atoms with E-state index in [1.807, 2.05) is 12.4 Å². The summed E-state index contributed by atoms with van der Waals surface area (Å²) in [5.41, 5.74) is 3.64. The van der Waals surface area contributed by atoms with Crippen molar-refractivity contribution in [3.63, 3.8) is 0 Å². The van der Waals surface area contributed by atoms with Gasteiger partial charge in [0.1, 0.15) is 0 Å². The molecule has 0 spiro atoms. The van der Waals surface area contributed by atoms with Crippen LogP contribution in [-0.2, 0) is 4.79 Å². The van der Waals surface area contributed by atoms with Crippen LogP contribution in [0.1, 0.15) is 40.5 Å². The van der Waals surface area contributed by atoms with Crippen molar-refractivity contribution in [2.24, 2.45) is 5.92 Å². The van der Waals surface area contributed by atoms with Crippen LogP contribution in [0.25, 0.3) is 0 Å². The second-order valence-electron chi connectivity index (χ2n) is 6.33. The molecular weight excluding hydrogens is 308 g/mol. The molecule has 1 fully saturated rings. The van der Waals surface area contributed by atoms with Crippen molar-refractivity contribution in [3.05, 3.63) is 51.5 Å². The Morgan fingerprint density at radius 1 is 1.48 bits per heavy atom. The maximum absolute atomic E-state index is 11.4. The summed E-state index contributed by atoms with van der Waals surface area (Å²) in [6.07, 6.45) is 5.43. The predicted molar refractivity (Wildman–Crippen MR) is 91.8 cm³/mol. The van der Waals surface area contributed by atoms with Gasteiger partial charge in [-0.1, -0.05) is 0 Å². The predicted octanol–water partition coefficient (Wildman–Crippen LogP) is 3.65. The standard InChI is InChI=1S/C18H22N2O2S/c1-12-8-16(23-11-12)17(15-5-6-19-9-13(15)2)20-7-3-4-14(10-20)18(21)22/h5-6,8-9,11,14,17H,3-4,7,10H2,1-2H3,(H,21,22). The van der Waals surface area contributed by atoms with Crippen molar-refractivity contribution in [1.29, 1.82) is 0 Å². The number of carboxylic acid groups (broad SMARTS) is 1. The number of aromatic nitrogens is 1. The van der Waals surface area contributed by atoms with Crippen molar-refractivity contribution < 1.29 is 9.90 Å². The Morgan fingerprint density at radius 2 is 2.30 bits per heavy atom. The first-order valence-corrected chi connectivity index (χ1v) is 8.86. The average molecular weight is 330 g/mol. The molecule has 0 amide bonds. The van der Waals surface area contributed by atoms with Gasteiger partial charge >= 0.3 is 5.97 Å². The number of rotatable bonds is 4. The summed E-state index contributed by atoms with van der Waals surface area (Å²) in [7, 11) is 0. The fraction of sp³-hybridized carbons (Fsp3) is 0.444. The molecule has 0 radical (unpaired) electrons. The van der Waals surface area contributed by atoms with Crippen LogP contribution in [0.3, 0.4) is 0 Å². The van der Waals surface area contributed by atoms with Gasteiger partial charge in [-0.15, -0.1) is 11.3 Å². The second-order valence-corrected chi connectivity index (χ2v) is 7.28. The van der Waals surface area contributed by atoms with Crippen molar-refractivity contribution in [2.75, 3.05) is 13.1 Å². The van der Waals surface area contributed by atoms with Crippen LogP contribution in [0.5, 0.6) is 0 Å². The first-order valence-electron chi connectivity index (χ1n) is 7.98. The quantitative estimate of drug-likeness (QED) is 0.930. The summed E-state index contributed by atoms with van der Waals surface area (Å²) < 4.78 is 0. The normalized spacial score (nSPS) is 20.3. The van der Waals surface area contributed by atoms with Gasteiger partial charge < -0.3 is 5.11 Å². The van der Waals surface area contributed by atoms with Gasteiger partial charge in [0, 0.05) is 23.8 Å². The molecule has 3 heterocycles. The lowest BCUT2D eigenvalue weighted by atomic mass is 9.93. The van der Waals surface area contributed by atoms with Crippen molar-refractivity contribution in [2.45, 2.75) is 32.7 Å². The summed E-state index contributed by atoms with van der Waals surface area (Å²) in [6.45, 7) is 5.73. The Balaban J connectivity index is 1.98. The lowest BCUT2D eigenvalue weighted by molar-refractivity contribution is -0.143. The van der Waals surface area contributed by atoms with E-state index in [0.29, 0.717) is 6.54 Å². The number of likely N-dealkylation sites (tertiary alicyclic amines) is 1. The van der Waals surface area contributed by atoms with E-state index in [0.717, 1.165) is 24.9 Å². The molecule has 3 rings (SSSR count). The number of aryl methyl sites for hydroxylation is 2. The number of carboxylic acids is 1. The molecule has 23 heavy (non-hydrogen) atoms. The zero-order chi connectivity index (χ0) is 16.4. The van der Waals surface area contributed by atoms with E-state index in [1.54, 1.807) is 11.3 Å². The van der Waals surface area contributed by atoms with Gasteiger partial charge in [-0.3, -0.25) is 14.7 Å². The third-order valence-corrected chi connectivity index (χ3v) is 5.65. The molecule has 1 aliphatic heterocycles. The Hall–Kier alpha value is -1.72. The van der Waals surface area contributed by atoms with E-state index in [2.05, 4.69) is 41.2 Å². The summed E-state index contributed by atoms with van der Waals surface area (Å²) >= 11 is 1.75. The molecule has 0 aromatic carbocycles.